The molecular formula is C15H27N3. The van der Waals surface area contributed by atoms with Gasteiger partial charge in [0.1, 0.15) is 5.82 Å². The summed E-state index contributed by atoms with van der Waals surface area (Å²) in [7, 11) is 0. The minimum Gasteiger partial charge on any atom is -0.335 e. The molecule has 0 spiro atoms. The number of nitrogens with two attached hydrogens (primary N) is 1. The van der Waals surface area contributed by atoms with Gasteiger partial charge in [0.15, 0.2) is 0 Å². The zero-order valence-electron chi connectivity index (χ0n) is 11.8. The molecule has 102 valence electrons. The van der Waals surface area contributed by atoms with Gasteiger partial charge in [0, 0.05) is 31.4 Å². The van der Waals surface area contributed by atoms with E-state index in [9.17, 15) is 0 Å². The molecule has 0 aromatic carbocycles. The second-order valence-electron chi connectivity index (χ2n) is 5.69. The molecule has 1 aliphatic rings. The largest absolute Gasteiger partial charge is 0.335 e. The van der Waals surface area contributed by atoms with Gasteiger partial charge in [-0.3, -0.25) is 0 Å². The minimum atomic E-state index is 0.288. The van der Waals surface area contributed by atoms with Crippen molar-refractivity contribution in [1.82, 2.24) is 9.55 Å². The molecule has 1 aromatic rings. The van der Waals surface area contributed by atoms with Crippen LogP contribution in [0.5, 0.6) is 0 Å². The van der Waals surface area contributed by atoms with Crippen LogP contribution in [0, 0.1) is 11.8 Å². The quantitative estimate of drug-likeness (QED) is 0.872. The van der Waals surface area contributed by atoms with E-state index in [4.69, 9.17) is 5.73 Å². The lowest BCUT2D eigenvalue weighted by Crippen LogP contribution is -2.35. The van der Waals surface area contributed by atoms with E-state index < -0.39 is 0 Å². The fourth-order valence-electron chi connectivity index (χ4n) is 3.22. The fraction of sp³-hybridized carbons (Fsp3) is 0.800. The van der Waals surface area contributed by atoms with Gasteiger partial charge < -0.3 is 10.3 Å². The first-order valence-electron chi connectivity index (χ1n) is 7.50. The highest BCUT2D eigenvalue weighted by atomic mass is 15.1. The van der Waals surface area contributed by atoms with Crippen LogP contribution in [0.4, 0.5) is 0 Å². The van der Waals surface area contributed by atoms with Crippen LogP contribution in [0.1, 0.15) is 51.8 Å². The van der Waals surface area contributed by atoms with Gasteiger partial charge in [0.25, 0.3) is 0 Å². The molecule has 2 N–H and O–H groups in total. The first kappa shape index (κ1) is 13.6. The summed E-state index contributed by atoms with van der Waals surface area (Å²) < 4.78 is 2.21. The van der Waals surface area contributed by atoms with E-state index in [0.717, 1.165) is 24.7 Å². The number of aryl methyl sites for hydroxylation is 1. The molecule has 3 nitrogen and oxygen atoms in total. The van der Waals surface area contributed by atoms with Crippen molar-refractivity contribution < 1.29 is 0 Å². The summed E-state index contributed by atoms with van der Waals surface area (Å²) in [5.41, 5.74) is 6.40. The molecule has 2 rings (SSSR count). The highest BCUT2D eigenvalue weighted by Gasteiger charge is 2.25. The maximum absolute atomic E-state index is 6.40. The molecule has 3 heteroatoms. The standard InChI is InChI=1S/C15H27N3/c1-3-12-5-7-13(8-6-12)14(16)11-15-17-9-10-18(15)4-2/h9-10,12-14H,3-8,11,16H2,1-2H3. The Kier molecular flexibility index (Phi) is 4.81. The van der Waals surface area contributed by atoms with E-state index in [1.807, 2.05) is 6.20 Å². The normalized spacial score (nSPS) is 26.2. The molecule has 1 aliphatic carbocycles. The Morgan fingerprint density at radius 1 is 1.33 bits per heavy atom. The summed E-state index contributed by atoms with van der Waals surface area (Å²) in [5, 5.41) is 0. The first-order chi connectivity index (χ1) is 8.74. The van der Waals surface area contributed by atoms with Gasteiger partial charge in [-0.1, -0.05) is 26.2 Å². The third-order valence-electron chi connectivity index (χ3n) is 4.63. The molecule has 1 unspecified atom stereocenters. The Morgan fingerprint density at radius 2 is 2.06 bits per heavy atom. The highest BCUT2D eigenvalue weighted by molar-refractivity contribution is 4.96. The Labute approximate surface area is 111 Å². The predicted octanol–water partition coefficient (Wildman–Crippen LogP) is 2.99. The molecular weight excluding hydrogens is 222 g/mol. The van der Waals surface area contributed by atoms with Crippen LogP contribution >= 0.6 is 0 Å². The van der Waals surface area contributed by atoms with E-state index in [2.05, 4.69) is 29.6 Å². The van der Waals surface area contributed by atoms with Crippen LogP contribution in [0.3, 0.4) is 0 Å². The van der Waals surface area contributed by atoms with Crippen LogP contribution in [0.2, 0.25) is 0 Å². The van der Waals surface area contributed by atoms with Crippen LogP contribution in [-0.2, 0) is 13.0 Å². The van der Waals surface area contributed by atoms with Gasteiger partial charge in [-0.05, 0) is 31.6 Å². The lowest BCUT2D eigenvalue weighted by molar-refractivity contribution is 0.236. The number of aromatic nitrogens is 2. The van der Waals surface area contributed by atoms with Crippen molar-refractivity contribution in [3.05, 3.63) is 18.2 Å². The first-order valence-corrected chi connectivity index (χ1v) is 7.50. The Hall–Kier alpha value is -0.830. The summed E-state index contributed by atoms with van der Waals surface area (Å²) in [4.78, 5) is 4.44. The number of hydrogen-bond donors (Lipinski definition) is 1. The van der Waals surface area contributed by atoms with Crippen LogP contribution in [-0.4, -0.2) is 15.6 Å². The summed E-state index contributed by atoms with van der Waals surface area (Å²) in [6, 6.07) is 0.288. The van der Waals surface area contributed by atoms with Crippen molar-refractivity contribution in [2.24, 2.45) is 17.6 Å². The zero-order valence-corrected chi connectivity index (χ0v) is 11.8. The van der Waals surface area contributed by atoms with Crippen LogP contribution in [0.25, 0.3) is 0 Å². The van der Waals surface area contributed by atoms with Crippen LogP contribution < -0.4 is 5.73 Å². The average Bonchev–Trinajstić information content (AvgIpc) is 2.86. The minimum absolute atomic E-state index is 0.288. The number of nitrogens with zero attached hydrogens (tertiary/aromatic N) is 2. The Balaban J connectivity index is 1.87. The summed E-state index contributed by atoms with van der Waals surface area (Å²) in [6.45, 7) is 5.46. The molecule has 18 heavy (non-hydrogen) atoms. The monoisotopic (exact) mass is 249 g/mol. The molecule has 1 fully saturated rings. The average molecular weight is 249 g/mol. The highest BCUT2D eigenvalue weighted by Crippen LogP contribution is 2.32. The molecule has 0 amide bonds. The van der Waals surface area contributed by atoms with Crippen LogP contribution in [0.15, 0.2) is 12.4 Å². The Bertz CT molecular complexity index is 350. The van der Waals surface area contributed by atoms with Gasteiger partial charge in [-0.15, -0.1) is 0 Å². The molecule has 1 atom stereocenters. The predicted molar refractivity (Wildman–Crippen MR) is 75.3 cm³/mol. The SMILES string of the molecule is CCC1CCC(C(N)Cc2nccn2CC)CC1. The number of rotatable bonds is 5. The van der Waals surface area contributed by atoms with Crippen molar-refractivity contribution in [3.63, 3.8) is 0 Å². The molecule has 0 aliphatic heterocycles. The van der Waals surface area contributed by atoms with Crippen molar-refractivity contribution in [2.75, 3.05) is 0 Å². The maximum atomic E-state index is 6.40. The summed E-state index contributed by atoms with van der Waals surface area (Å²) in [5.74, 6) is 2.81. The summed E-state index contributed by atoms with van der Waals surface area (Å²) >= 11 is 0. The number of hydrogen-bond acceptors (Lipinski definition) is 2. The number of imidazole rings is 1. The topological polar surface area (TPSA) is 43.8 Å². The smallest absolute Gasteiger partial charge is 0.110 e. The van der Waals surface area contributed by atoms with E-state index >= 15 is 0 Å². The molecule has 0 bridgehead atoms. The zero-order chi connectivity index (χ0) is 13.0. The Morgan fingerprint density at radius 3 is 2.67 bits per heavy atom. The van der Waals surface area contributed by atoms with E-state index in [1.165, 1.54) is 32.1 Å². The van der Waals surface area contributed by atoms with Gasteiger partial charge in [0.2, 0.25) is 0 Å². The van der Waals surface area contributed by atoms with E-state index in [0.29, 0.717) is 5.92 Å². The second-order valence-corrected chi connectivity index (χ2v) is 5.69. The van der Waals surface area contributed by atoms with Crippen molar-refractivity contribution >= 4 is 0 Å². The van der Waals surface area contributed by atoms with Crippen molar-refractivity contribution in [2.45, 2.75) is 65.0 Å². The molecule has 0 saturated heterocycles. The van der Waals surface area contributed by atoms with Gasteiger partial charge in [-0.2, -0.15) is 0 Å². The van der Waals surface area contributed by atoms with E-state index in [1.54, 1.807) is 0 Å². The third-order valence-corrected chi connectivity index (χ3v) is 4.63. The second kappa shape index (κ2) is 6.37. The van der Waals surface area contributed by atoms with Gasteiger partial charge >= 0.3 is 0 Å². The van der Waals surface area contributed by atoms with Crippen molar-refractivity contribution in [3.8, 4) is 0 Å². The molecule has 0 radical (unpaired) electrons. The van der Waals surface area contributed by atoms with Gasteiger partial charge in [-0.25, -0.2) is 4.98 Å². The third kappa shape index (κ3) is 3.14. The van der Waals surface area contributed by atoms with E-state index in [-0.39, 0.29) is 6.04 Å². The van der Waals surface area contributed by atoms with Crippen molar-refractivity contribution in [1.29, 1.82) is 0 Å². The fourth-order valence-corrected chi connectivity index (χ4v) is 3.22. The molecule has 1 heterocycles. The molecule has 1 saturated carbocycles. The maximum Gasteiger partial charge on any atom is 0.110 e. The lowest BCUT2D eigenvalue weighted by atomic mass is 9.77. The van der Waals surface area contributed by atoms with Gasteiger partial charge in [0.05, 0.1) is 0 Å². The summed E-state index contributed by atoms with van der Waals surface area (Å²) in [6.07, 6.45) is 11.6. The lowest BCUT2D eigenvalue weighted by Gasteiger charge is -2.31. The molecule has 1 aromatic heterocycles.